The molecule has 1 atom stereocenters. The molecule has 8 heteroatoms. The van der Waals surface area contributed by atoms with Gasteiger partial charge in [0, 0.05) is 26.3 Å². The topological polar surface area (TPSA) is 101 Å². The van der Waals surface area contributed by atoms with Gasteiger partial charge in [-0.15, -0.1) is 0 Å². The zero-order valence-electron chi connectivity index (χ0n) is 11.6. The number of fused-ring (bicyclic) bond motifs is 1. The van der Waals surface area contributed by atoms with Gasteiger partial charge in [0.15, 0.2) is 11.8 Å². The molecule has 0 aliphatic carbocycles. The maximum Gasteiger partial charge on any atom is 0.324 e. The van der Waals surface area contributed by atoms with Crippen molar-refractivity contribution in [3.63, 3.8) is 0 Å². The van der Waals surface area contributed by atoms with Crippen LogP contribution in [0.3, 0.4) is 0 Å². The van der Waals surface area contributed by atoms with Crippen LogP contribution in [0.1, 0.15) is 6.42 Å². The van der Waals surface area contributed by atoms with Crippen molar-refractivity contribution in [2.75, 3.05) is 25.5 Å². The fourth-order valence-corrected chi connectivity index (χ4v) is 2.41. The molecule has 8 nitrogen and oxygen atoms in total. The van der Waals surface area contributed by atoms with E-state index in [0.717, 1.165) is 11.9 Å². The Morgan fingerprint density at radius 1 is 1.67 bits per heavy atom. The third kappa shape index (κ3) is 2.58. The maximum atomic E-state index is 12.2. The molecule has 2 amide bonds. The second-order valence-corrected chi connectivity index (χ2v) is 4.99. The number of rotatable bonds is 2. The average Bonchev–Trinajstić information content (AvgIpc) is 3.12. The summed E-state index contributed by atoms with van der Waals surface area (Å²) in [5, 5.41) is 11.6. The number of urea groups is 1. The number of nitrogens with one attached hydrogen (secondary N) is 2. The molecular formula is C13H15N7O. The van der Waals surface area contributed by atoms with E-state index in [4.69, 9.17) is 5.26 Å². The molecule has 1 saturated heterocycles. The van der Waals surface area contributed by atoms with Crippen molar-refractivity contribution in [1.29, 1.82) is 5.26 Å². The van der Waals surface area contributed by atoms with Crippen LogP contribution in [-0.2, 0) is 0 Å². The minimum atomic E-state index is -0.251. The van der Waals surface area contributed by atoms with E-state index < -0.39 is 0 Å². The Hall–Kier alpha value is -2.82. The summed E-state index contributed by atoms with van der Waals surface area (Å²) in [6.07, 6.45) is 4.54. The molecule has 0 bridgehead atoms. The van der Waals surface area contributed by atoms with Crippen LogP contribution < -0.4 is 5.32 Å². The number of aromatic nitrogens is 3. The van der Waals surface area contributed by atoms with E-state index in [9.17, 15) is 4.79 Å². The molecular weight excluding hydrogens is 270 g/mol. The number of hydrogen-bond acceptors (Lipinski definition) is 5. The van der Waals surface area contributed by atoms with E-state index in [0.29, 0.717) is 24.7 Å². The lowest BCUT2D eigenvalue weighted by atomic mass is 10.2. The van der Waals surface area contributed by atoms with Crippen molar-refractivity contribution < 1.29 is 4.79 Å². The summed E-state index contributed by atoms with van der Waals surface area (Å²) < 4.78 is 0. The van der Waals surface area contributed by atoms with Crippen molar-refractivity contribution in [2.45, 2.75) is 12.5 Å². The molecule has 0 spiro atoms. The van der Waals surface area contributed by atoms with Crippen LogP contribution in [0.2, 0.25) is 0 Å². The van der Waals surface area contributed by atoms with Crippen molar-refractivity contribution in [1.82, 2.24) is 24.8 Å². The highest BCUT2D eigenvalue weighted by Gasteiger charge is 2.28. The Labute approximate surface area is 121 Å². The molecule has 2 N–H and O–H groups in total. The van der Waals surface area contributed by atoms with E-state index in [-0.39, 0.29) is 12.1 Å². The summed E-state index contributed by atoms with van der Waals surface area (Å²) >= 11 is 0. The van der Waals surface area contributed by atoms with Gasteiger partial charge in [-0.05, 0) is 18.6 Å². The van der Waals surface area contributed by atoms with Gasteiger partial charge in [0.1, 0.15) is 0 Å². The number of imidazole rings is 1. The molecule has 0 unspecified atom stereocenters. The minimum absolute atomic E-state index is 0.0344. The SMILES string of the molecule is CN(C(=O)Nc1nc2ncccc2[nH]1)[C@@H]1CCN(C#N)C1. The Morgan fingerprint density at radius 2 is 2.52 bits per heavy atom. The summed E-state index contributed by atoms with van der Waals surface area (Å²) in [5.74, 6) is 0.371. The number of nitriles is 1. The van der Waals surface area contributed by atoms with E-state index >= 15 is 0 Å². The molecule has 3 rings (SSSR count). The molecule has 108 valence electrons. The fourth-order valence-electron chi connectivity index (χ4n) is 2.41. The van der Waals surface area contributed by atoms with Crippen LogP contribution >= 0.6 is 0 Å². The van der Waals surface area contributed by atoms with Crippen LogP contribution in [0, 0.1) is 11.5 Å². The smallest absolute Gasteiger partial charge is 0.323 e. The zero-order chi connectivity index (χ0) is 14.8. The molecule has 1 aliphatic rings. The van der Waals surface area contributed by atoms with Gasteiger partial charge in [-0.2, -0.15) is 10.2 Å². The normalized spacial score (nSPS) is 17.7. The standard InChI is InChI=1S/C13H15N7O/c1-19(9-4-6-20(7-9)8-14)13(21)18-12-16-10-3-2-5-15-11(10)17-12/h2-3,5,9H,4,6-7H2,1H3,(H2,15,16,17,18,21)/t9-/m1/s1. The van der Waals surface area contributed by atoms with E-state index in [2.05, 4.69) is 26.5 Å². The number of hydrogen-bond donors (Lipinski definition) is 2. The van der Waals surface area contributed by atoms with Crippen molar-refractivity contribution >= 4 is 23.1 Å². The summed E-state index contributed by atoms with van der Waals surface area (Å²) in [5.41, 5.74) is 1.33. The van der Waals surface area contributed by atoms with Gasteiger partial charge in [0.2, 0.25) is 5.95 Å². The average molecular weight is 285 g/mol. The lowest BCUT2D eigenvalue weighted by molar-refractivity contribution is 0.205. The van der Waals surface area contributed by atoms with Crippen LogP contribution in [-0.4, -0.2) is 57.0 Å². The van der Waals surface area contributed by atoms with Gasteiger partial charge in [-0.1, -0.05) is 0 Å². The first-order valence-corrected chi connectivity index (χ1v) is 6.66. The van der Waals surface area contributed by atoms with Gasteiger partial charge in [0.05, 0.1) is 11.6 Å². The fraction of sp³-hybridized carbons (Fsp3) is 0.385. The molecule has 2 aromatic heterocycles. The third-order valence-electron chi connectivity index (χ3n) is 3.66. The Bertz CT molecular complexity index is 671. The Balaban J connectivity index is 1.67. The summed E-state index contributed by atoms with van der Waals surface area (Å²) in [6, 6.07) is 3.43. The number of likely N-dealkylation sites (tertiary alicyclic amines) is 1. The molecule has 2 aromatic rings. The molecule has 21 heavy (non-hydrogen) atoms. The monoisotopic (exact) mass is 285 g/mol. The van der Waals surface area contributed by atoms with Gasteiger partial charge < -0.3 is 14.8 Å². The second kappa shape index (κ2) is 5.28. The number of carbonyl (C=O) groups is 1. The molecule has 1 aliphatic heterocycles. The largest absolute Gasteiger partial charge is 0.324 e. The number of pyridine rings is 1. The lowest BCUT2D eigenvalue weighted by Gasteiger charge is -2.23. The number of carbonyl (C=O) groups excluding carboxylic acids is 1. The molecule has 1 fully saturated rings. The van der Waals surface area contributed by atoms with Crippen molar-refractivity contribution in [3.05, 3.63) is 18.3 Å². The molecule has 0 aromatic carbocycles. The number of anilines is 1. The molecule has 0 radical (unpaired) electrons. The summed E-state index contributed by atoms with van der Waals surface area (Å²) in [7, 11) is 1.72. The quantitative estimate of drug-likeness (QED) is 0.801. The van der Waals surface area contributed by atoms with Gasteiger partial charge >= 0.3 is 6.03 Å². The minimum Gasteiger partial charge on any atom is -0.323 e. The van der Waals surface area contributed by atoms with Crippen LogP contribution in [0.15, 0.2) is 18.3 Å². The number of nitrogens with zero attached hydrogens (tertiary/aromatic N) is 5. The van der Waals surface area contributed by atoms with E-state index in [1.807, 2.05) is 6.07 Å². The highest BCUT2D eigenvalue weighted by atomic mass is 16.2. The first kappa shape index (κ1) is 13.2. The van der Waals surface area contributed by atoms with Gasteiger partial charge in [-0.25, -0.2) is 9.78 Å². The maximum absolute atomic E-state index is 12.2. The predicted octanol–water partition coefficient (Wildman–Crippen LogP) is 0.977. The first-order chi connectivity index (χ1) is 10.2. The zero-order valence-corrected chi connectivity index (χ0v) is 11.6. The summed E-state index contributed by atoms with van der Waals surface area (Å²) in [4.78, 5) is 26.8. The highest BCUT2D eigenvalue weighted by molar-refractivity contribution is 5.89. The number of likely N-dealkylation sites (N-methyl/N-ethyl adjacent to an activating group) is 1. The van der Waals surface area contributed by atoms with E-state index in [1.165, 1.54) is 0 Å². The highest BCUT2D eigenvalue weighted by Crippen LogP contribution is 2.15. The van der Waals surface area contributed by atoms with Crippen LogP contribution in [0.25, 0.3) is 11.2 Å². The molecule has 3 heterocycles. The van der Waals surface area contributed by atoms with Crippen LogP contribution in [0.5, 0.6) is 0 Å². The Kier molecular flexibility index (Phi) is 3.31. The number of H-pyrrole nitrogens is 1. The molecule has 0 saturated carbocycles. The van der Waals surface area contributed by atoms with E-state index in [1.54, 1.807) is 29.1 Å². The summed E-state index contributed by atoms with van der Waals surface area (Å²) in [6.45, 7) is 1.26. The van der Waals surface area contributed by atoms with Gasteiger partial charge in [-0.3, -0.25) is 5.32 Å². The number of aromatic amines is 1. The second-order valence-electron chi connectivity index (χ2n) is 4.99. The van der Waals surface area contributed by atoms with Crippen molar-refractivity contribution in [2.24, 2.45) is 0 Å². The van der Waals surface area contributed by atoms with Crippen LogP contribution in [0.4, 0.5) is 10.7 Å². The third-order valence-corrected chi connectivity index (χ3v) is 3.66. The lowest BCUT2D eigenvalue weighted by Crippen LogP contribution is -2.41. The Morgan fingerprint density at radius 3 is 3.24 bits per heavy atom. The van der Waals surface area contributed by atoms with Gasteiger partial charge in [0.25, 0.3) is 0 Å². The predicted molar refractivity (Wildman–Crippen MR) is 76.3 cm³/mol. The first-order valence-electron chi connectivity index (χ1n) is 6.66. The van der Waals surface area contributed by atoms with Crippen molar-refractivity contribution in [3.8, 4) is 6.19 Å². The number of amides is 2.